The van der Waals surface area contributed by atoms with Gasteiger partial charge in [-0.3, -0.25) is 4.90 Å². The molecule has 0 amide bonds. The lowest BCUT2D eigenvalue weighted by Gasteiger charge is -2.31. The number of anilines is 2. The van der Waals surface area contributed by atoms with Crippen molar-refractivity contribution in [1.29, 1.82) is 0 Å². The average molecular weight is 473 g/mol. The summed E-state index contributed by atoms with van der Waals surface area (Å²) in [6.07, 6.45) is 4.06. The van der Waals surface area contributed by atoms with Crippen LogP contribution >= 0.6 is 12.2 Å². The van der Waals surface area contributed by atoms with Crippen molar-refractivity contribution in [3.8, 4) is 5.75 Å². The molecule has 9 nitrogen and oxygen atoms in total. The highest BCUT2D eigenvalue weighted by atomic mass is 32.1. The van der Waals surface area contributed by atoms with E-state index in [0.29, 0.717) is 29.9 Å². The molecular weight excluding hydrogens is 436 g/mol. The Labute approximate surface area is 201 Å². The molecule has 0 radical (unpaired) electrons. The summed E-state index contributed by atoms with van der Waals surface area (Å²) in [4.78, 5) is 11.8. The van der Waals surface area contributed by atoms with Crippen LogP contribution in [0.4, 0.5) is 11.9 Å². The molecule has 1 aromatic carbocycles. The quantitative estimate of drug-likeness (QED) is 0.528. The number of aryl methyl sites for hydroxylation is 1. The predicted molar refractivity (Wildman–Crippen MR) is 136 cm³/mol. The van der Waals surface area contributed by atoms with E-state index in [-0.39, 0.29) is 0 Å². The largest absolute Gasteiger partial charge is 0.483 e. The van der Waals surface area contributed by atoms with Crippen LogP contribution in [0.25, 0.3) is 0 Å². The molecule has 2 aliphatic rings. The minimum absolute atomic E-state index is 0.328. The van der Waals surface area contributed by atoms with E-state index in [0.717, 1.165) is 51.6 Å². The molecule has 33 heavy (non-hydrogen) atoms. The highest BCUT2D eigenvalue weighted by Gasteiger charge is 2.21. The SMILES string of the molecule is CN1CCN(c2nc(N)n(CCC(Oc3cccc(CN4CCCCC4)c3)C(N)=S)n2)CC1. The Morgan fingerprint density at radius 1 is 1.12 bits per heavy atom. The van der Waals surface area contributed by atoms with Crippen LogP contribution in [-0.2, 0) is 13.1 Å². The molecule has 2 fully saturated rings. The Morgan fingerprint density at radius 2 is 1.88 bits per heavy atom. The lowest BCUT2D eigenvalue weighted by molar-refractivity contribution is 0.219. The van der Waals surface area contributed by atoms with Crippen LogP contribution in [0, 0.1) is 0 Å². The van der Waals surface area contributed by atoms with Crippen LogP contribution < -0.4 is 21.1 Å². The van der Waals surface area contributed by atoms with Crippen LogP contribution in [0.2, 0.25) is 0 Å². The number of aromatic nitrogens is 3. The molecule has 0 aliphatic carbocycles. The fraction of sp³-hybridized carbons (Fsp3) is 0.609. The second-order valence-electron chi connectivity index (χ2n) is 9.07. The van der Waals surface area contributed by atoms with Crippen LogP contribution in [-0.4, -0.2) is 82.0 Å². The molecule has 1 unspecified atom stereocenters. The van der Waals surface area contributed by atoms with Crippen molar-refractivity contribution >= 4 is 29.1 Å². The number of piperazine rings is 1. The van der Waals surface area contributed by atoms with E-state index in [9.17, 15) is 0 Å². The fourth-order valence-electron chi connectivity index (χ4n) is 4.40. The van der Waals surface area contributed by atoms with Gasteiger partial charge in [0.15, 0.2) is 0 Å². The van der Waals surface area contributed by atoms with E-state index in [1.807, 2.05) is 12.1 Å². The van der Waals surface area contributed by atoms with Crippen molar-refractivity contribution in [1.82, 2.24) is 24.6 Å². The number of ether oxygens (including phenoxy) is 1. The monoisotopic (exact) mass is 472 g/mol. The first-order valence-corrected chi connectivity index (χ1v) is 12.3. The van der Waals surface area contributed by atoms with Gasteiger partial charge in [0.2, 0.25) is 11.9 Å². The van der Waals surface area contributed by atoms with Gasteiger partial charge in [-0.15, -0.1) is 5.10 Å². The highest BCUT2D eigenvalue weighted by Crippen LogP contribution is 2.20. The number of rotatable bonds is 9. The topological polar surface area (TPSA) is 102 Å². The minimum atomic E-state index is -0.402. The third-order valence-corrected chi connectivity index (χ3v) is 6.69. The number of hydrogen-bond acceptors (Lipinski definition) is 8. The summed E-state index contributed by atoms with van der Waals surface area (Å²) in [5, 5.41) is 4.62. The van der Waals surface area contributed by atoms with Gasteiger partial charge in [-0.25, -0.2) is 4.68 Å². The molecule has 1 atom stereocenters. The van der Waals surface area contributed by atoms with Gasteiger partial charge in [0.25, 0.3) is 0 Å². The number of thiocarbonyl (C=S) groups is 1. The molecule has 2 saturated heterocycles. The normalized spacial score (nSPS) is 18.9. The van der Waals surface area contributed by atoms with Crippen LogP contribution in [0.15, 0.2) is 24.3 Å². The summed E-state index contributed by atoms with van der Waals surface area (Å²) in [6.45, 7) is 7.57. The zero-order valence-corrected chi connectivity index (χ0v) is 20.3. The van der Waals surface area contributed by atoms with E-state index in [1.165, 1.54) is 24.8 Å². The van der Waals surface area contributed by atoms with E-state index in [2.05, 4.69) is 44.0 Å². The van der Waals surface area contributed by atoms with Gasteiger partial charge in [-0.1, -0.05) is 30.8 Å². The van der Waals surface area contributed by atoms with Gasteiger partial charge in [0.1, 0.15) is 16.8 Å². The van der Waals surface area contributed by atoms with Gasteiger partial charge >= 0.3 is 0 Å². The molecule has 4 rings (SSSR count). The summed E-state index contributed by atoms with van der Waals surface area (Å²) < 4.78 is 7.92. The molecular formula is C23H36N8OS. The summed E-state index contributed by atoms with van der Waals surface area (Å²) in [7, 11) is 2.12. The summed E-state index contributed by atoms with van der Waals surface area (Å²) in [5.41, 5.74) is 13.4. The Morgan fingerprint density at radius 3 is 2.61 bits per heavy atom. The van der Waals surface area contributed by atoms with Crippen LogP contribution in [0.1, 0.15) is 31.2 Å². The van der Waals surface area contributed by atoms with E-state index < -0.39 is 6.10 Å². The smallest absolute Gasteiger partial charge is 0.246 e. The number of hydrogen-bond donors (Lipinski definition) is 2. The molecule has 4 N–H and O–H groups in total. The third kappa shape index (κ3) is 6.55. The van der Waals surface area contributed by atoms with Crippen molar-refractivity contribution in [2.75, 3.05) is 56.9 Å². The maximum atomic E-state index is 6.20. The first kappa shape index (κ1) is 23.7. The first-order valence-electron chi connectivity index (χ1n) is 11.9. The fourth-order valence-corrected chi connectivity index (χ4v) is 4.57. The summed E-state index contributed by atoms with van der Waals surface area (Å²) in [6, 6.07) is 8.23. The Kier molecular flexibility index (Phi) is 8.00. The Hall–Kier alpha value is -2.43. The molecule has 0 saturated carbocycles. The second kappa shape index (κ2) is 11.1. The van der Waals surface area contributed by atoms with Crippen molar-refractivity contribution in [3.05, 3.63) is 29.8 Å². The van der Waals surface area contributed by atoms with Crippen molar-refractivity contribution < 1.29 is 4.74 Å². The van der Waals surface area contributed by atoms with Gasteiger partial charge in [0, 0.05) is 45.7 Å². The third-order valence-electron chi connectivity index (χ3n) is 6.43. The van der Waals surface area contributed by atoms with Crippen molar-refractivity contribution in [2.24, 2.45) is 5.73 Å². The molecule has 10 heteroatoms. The summed E-state index contributed by atoms with van der Waals surface area (Å²) >= 11 is 5.30. The molecule has 2 aliphatic heterocycles. The van der Waals surface area contributed by atoms with Gasteiger partial charge in [0.05, 0.1) is 0 Å². The maximum absolute atomic E-state index is 6.20. The summed E-state index contributed by atoms with van der Waals surface area (Å²) in [5.74, 6) is 1.86. The first-order chi connectivity index (χ1) is 16.0. The van der Waals surface area contributed by atoms with Gasteiger partial charge in [-0.05, 0) is 50.7 Å². The highest BCUT2D eigenvalue weighted by molar-refractivity contribution is 7.80. The molecule has 0 bridgehead atoms. The standard InChI is InChI=1S/C23H36N8OS/c1-28-12-14-30(15-13-28)23-26-22(25)31(27-23)11-8-20(21(24)33)32-19-7-5-6-18(16-19)17-29-9-3-2-4-10-29/h5-7,16,20H,2-4,8-15,17H2,1H3,(H2,24,33)(H2,25,26,27). The zero-order valence-electron chi connectivity index (χ0n) is 19.5. The van der Waals surface area contributed by atoms with Gasteiger partial charge in [-0.2, -0.15) is 4.98 Å². The van der Waals surface area contributed by atoms with Crippen LogP contribution in [0.5, 0.6) is 5.75 Å². The number of likely N-dealkylation sites (N-methyl/N-ethyl adjacent to an activating group) is 1. The van der Waals surface area contributed by atoms with E-state index >= 15 is 0 Å². The second-order valence-corrected chi connectivity index (χ2v) is 9.54. The number of nitrogen functional groups attached to an aromatic ring is 1. The Bertz CT molecular complexity index is 921. The maximum Gasteiger partial charge on any atom is 0.246 e. The van der Waals surface area contributed by atoms with Crippen LogP contribution in [0.3, 0.4) is 0 Å². The zero-order chi connectivity index (χ0) is 23.2. The number of nitrogens with two attached hydrogens (primary N) is 2. The predicted octanol–water partition coefficient (Wildman–Crippen LogP) is 1.72. The van der Waals surface area contributed by atoms with Crippen molar-refractivity contribution in [3.63, 3.8) is 0 Å². The van der Waals surface area contributed by atoms with Gasteiger partial charge < -0.3 is 26.0 Å². The lowest BCUT2D eigenvalue weighted by Crippen LogP contribution is -2.45. The number of likely N-dealkylation sites (tertiary alicyclic amines) is 1. The van der Waals surface area contributed by atoms with E-state index in [1.54, 1.807) is 4.68 Å². The lowest BCUT2D eigenvalue weighted by atomic mass is 10.1. The van der Waals surface area contributed by atoms with E-state index in [4.69, 9.17) is 28.4 Å². The number of piperidine rings is 1. The average Bonchev–Trinajstić information content (AvgIpc) is 3.18. The van der Waals surface area contributed by atoms with Crippen molar-refractivity contribution in [2.45, 2.75) is 44.9 Å². The number of benzene rings is 1. The number of nitrogens with zero attached hydrogens (tertiary/aromatic N) is 6. The molecule has 3 heterocycles. The molecule has 0 spiro atoms. The molecule has 180 valence electrons. The Balaban J connectivity index is 1.35. The molecule has 1 aromatic heterocycles. The minimum Gasteiger partial charge on any atom is -0.483 e. The molecule has 2 aromatic rings.